The minimum Gasteiger partial charge on any atom is -0.467 e. The van der Waals surface area contributed by atoms with E-state index in [-0.39, 0.29) is 0 Å². The Kier molecular flexibility index (Phi) is 4.10. The molecule has 1 aromatic heterocycles. The fourth-order valence-corrected chi connectivity index (χ4v) is 1.05. The highest BCUT2D eigenvalue weighted by Crippen LogP contribution is 2.08. The van der Waals surface area contributed by atoms with E-state index in [0.29, 0.717) is 12.0 Å². The molecule has 0 aromatic carbocycles. The normalized spacial score (nSPS) is 9.93. The third kappa shape index (κ3) is 2.83. The molecular formula is C9H16N4O. The summed E-state index contributed by atoms with van der Waals surface area (Å²) >= 11 is 0. The minimum atomic E-state index is 0.371. The molecule has 1 heterocycles. The number of rotatable bonds is 5. The zero-order chi connectivity index (χ0) is 10.4. The lowest BCUT2D eigenvalue weighted by Gasteiger charge is -2.04. The van der Waals surface area contributed by atoms with Gasteiger partial charge in [-0.1, -0.05) is 13.3 Å². The van der Waals surface area contributed by atoms with Gasteiger partial charge in [-0.15, -0.1) is 0 Å². The summed E-state index contributed by atoms with van der Waals surface area (Å²) in [5.41, 5.74) is 0. The van der Waals surface area contributed by atoms with Crippen molar-refractivity contribution >= 4 is 5.95 Å². The van der Waals surface area contributed by atoms with Crippen LogP contribution in [0.2, 0.25) is 0 Å². The van der Waals surface area contributed by atoms with Gasteiger partial charge in [0, 0.05) is 13.5 Å². The molecule has 1 rings (SSSR count). The molecule has 5 heteroatoms. The van der Waals surface area contributed by atoms with Gasteiger partial charge in [-0.2, -0.15) is 15.0 Å². The van der Waals surface area contributed by atoms with E-state index in [1.807, 2.05) is 0 Å². The Labute approximate surface area is 83.9 Å². The molecule has 0 atom stereocenters. The molecule has 0 bridgehead atoms. The largest absolute Gasteiger partial charge is 0.467 e. The van der Waals surface area contributed by atoms with Crippen molar-refractivity contribution in [2.45, 2.75) is 26.2 Å². The SMILES string of the molecule is CCCCc1nc(NC)nc(OC)n1. The molecule has 1 N–H and O–H groups in total. The van der Waals surface area contributed by atoms with Gasteiger partial charge in [0.25, 0.3) is 0 Å². The van der Waals surface area contributed by atoms with E-state index in [2.05, 4.69) is 27.2 Å². The number of ether oxygens (including phenoxy) is 1. The summed E-state index contributed by atoms with van der Waals surface area (Å²) in [5.74, 6) is 1.34. The molecule has 0 saturated heterocycles. The highest BCUT2D eigenvalue weighted by molar-refractivity contribution is 5.24. The summed E-state index contributed by atoms with van der Waals surface area (Å²) in [6, 6.07) is 0.371. The van der Waals surface area contributed by atoms with Crippen molar-refractivity contribution in [1.29, 1.82) is 0 Å². The first-order valence-electron chi connectivity index (χ1n) is 4.76. The molecule has 0 aliphatic heterocycles. The predicted molar refractivity (Wildman–Crippen MR) is 54.5 cm³/mol. The zero-order valence-corrected chi connectivity index (χ0v) is 8.87. The first-order valence-corrected chi connectivity index (χ1v) is 4.76. The van der Waals surface area contributed by atoms with Gasteiger partial charge in [0.15, 0.2) is 0 Å². The van der Waals surface area contributed by atoms with Crippen molar-refractivity contribution in [3.8, 4) is 6.01 Å². The van der Waals surface area contributed by atoms with E-state index < -0.39 is 0 Å². The van der Waals surface area contributed by atoms with E-state index >= 15 is 0 Å². The van der Waals surface area contributed by atoms with Crippen molar-refractivity contribution in [2.24, 2.45) is 0 Å². The molecule has 0 spiro atoms. The van der Waals surface area contributed by atoms with Crippen LogP contribution in [0.25, 0.3) is 0 Å². The second kappa shape index (κ2) is 5.36. The molecule has 5 nitrogen and oxygen atoms in total. The standard InChI is InChI=1S/C9H16N4O/c1-4-5-6-7-11-8(10-2)13-9(12-7)14-3/h4-6H2,1-3H3,(H,10,11,12,13). The number of unbranched alkanes of at least 4 members (excludes halogenated alkanes) is 1. The van der Waals surface area contributed by atoms with Crippen LogP contribution in [0.4, 0.5) is 5.95 Å². The first-order chi connectivity index (χ1) is 6.80. The van der Waals surface area contributed by atoms with Crippen LogP contribution in [0.15, 0.2) is 0 Å². The van der Waals surface area contributed by atoms with Gasteiger partial charge in [-0.25, -0.2) is 0 Å². The molecular weight excluding hydrogens is 180 g/mol. The lowest BCUT2D eigenvalue weighted by atomic mass is 10.2. The molecule has 1 aromatic rings. The Morgan fingerprint density at radius 2 is 2.07 bits per heavy atom. The maximum absolute atomic E-state index is 4.98. The highest BCUT2D eigenvalue weighted by Gasteiger charge is 2.04. The summed E-state index contributed by atoms with van der Waals surface area (Å²) in [6.07, 6.45) is 3.07. The Morgan fingerprint density at radius 1 is 1.29 bits per heavy atom. The van der Waals surface area contributed by atoms with Crippen molar-refractivity contribution in [1.82, 2.24) is 15.0 Å². The van der Waals surface area contributed by atoms with Gasteiger partial charge in [0.1, 0.15) is 5.82 Å². The van der Waals surface area contributed by atoms with Crippen LogP contribution >= 0.6 is 0 Å². The molecule has 0 radical (unpaired) electrons. The lowest BCUT2D eigenvalue weighted by Crippen LogP contribution is -2.05. The molecule has 0 fully saturated rings. The zero-order valence-electron chi connectivity index (χ0n) is 8.87. The number of hydrogen-bond acceptors (Lipinski definition) is 5. The number of aryl methyl sites for hydroxylation is 1. The van der Waals surface area contributed by atoms with Gasteiger partial charge in [0.2, 0.25) is 5.95 Å². The maximum Gasteiger partial charge on any atom is 0.321 e. The molecule has 14 heavy (non-hydrogen) atoms. The predicted octanol–water partition coefficient (Wildman–Crippen LogP) is 1.26. The summed E-state index contributed by atoms with van der Waals surface area (Å²) in [5, 5.41) is 2.88. The number of aromatic nitrogens is 3. The van der Waals surface area contributed by atoms with Crippen LogP contribution in [0, 0.1) is 0 Å². The lowest BCUT2D eigenvalue weighted by molar-refractivity contribution is 0.376. The highest BCUT2D eigenvalue weighted by atomic mass is 16.5. The van der Waals surface area contributed by atoms with Gasteiger partial charge < -0.3 is 10.1 Å². The Balaban J connectivity index is 2.81. The molecule has 0 aliphatic carbocycles. The molecule has 0 aliphatic rings. The maximum atomic E-state index is 4.98. The van der Waals surface area contributed by atoms with E-state index in [1.165, 1.54) is 0 Å². The first kappa shape index (κ1) is 10.7. The monoisotopic (exact) mass is 196 g/mol. The fraction of sp³-hybridized carbons (Fsp3) is 0.667. The third-order valence-electron chi connectivity index (χ3n) is 1.82. The van der Waals surface area contributed by atoms with Gasteiger partial charge in [-0.3, -0.25) is 0 Å². The molecule has 0 amide bonds. The van der Waals surface area contributed by atoms with Crippen molar-refractivity contribution < 1.29 is 4.74 Å². The Bertz CT molecular complexity index is 268. The summed E-state index contributed by atoms with van der Waals surface area (Å²) in [4.78, 5) is 12.4. The van der Waals surface area contributed by atoms with Crippen molar-refractivity contribution in [3.05, 3.63) is 5.82 Å². The smallest absolute Gasteiger partial charge is 0.321 e. The second-order valence-corrected chi connectivity index (χ2v) is 2.92. The summed E-state index contributed by atoms with van der Waals surface area (Å²) < 4.78 is 4.98. The molecule has 78 valence electrons. The van der Waals surface area contributed by atoms with Gasteiger partial charge in [-0.05, 0) is 6.42 Å². The fourth-order valence-electron chi connectivity index (χ4n) is 1.05. The molecule has 0 unspecified atom stereocenters. The van der Waals surface area contributed by atoms with E-state index in [0.717, 1.165) is 25.1 Å². The second-order valence-electron chi connectivity index (χ2n) is 2.92. The minimum absolute atomic E-state index is 0.371. The van der Waals surface area contributed by atoms with Crippen molar-refractivity contribution in [2.75, 3.05) is 19.5 Å². The van der Waals surface area contributed by atoms with Crippen LogP contribution in [-0.4, -0.2) is 29.1 Å². The quantitative estimate of drug-likeness (QED) is 0.768. The summed E-state index contributed by atoms with van der Waals surface area (Å²) in [6.45, 7) is 2.14. The number of nitrogens with zero attached hydrogens (tertiary/aromatic N) is 3. The summed E-state index contributed by atoms with van der Waals surface area (Å²) in [7, 11) is 3.33. The van der Waals surface area contributed by atoms with Crippen LogP contribution in [-0.2, 0) is 6.42 Å². The molecule has 0 saturated carbocycles. The van der Waals surface area contributed by atoms with Gasteiger partial charge >= 0.3 is 6.01 Å². The average molecular weight is 196 g/mol. The number of hydrogen-bond donors (Lipinski definition) is 1. The number of nitrogens with one attached hydrogen (secondary N) is 1. The van der Waals surface area contributed by atoms with Crippen LogP contribution in [0.3, 0.4) is 0 Å². The Hall–Kier alpha value is -1.39. The average Bonchev–Trinajstić information content (AvgIpc) is 2.25. The Morgan fingerprint density at radius 3 is 2.64 bits per heavy atom. The van der Waals surface area contributed by atoms with Crippen LogP contribution in [0.1, 0.15) is 25.6 Å². The van der Waals surface area contributed by atoms with Gasteiger partial charge in [0.05, 0.1) is 7.11 Å². The number of anilines is 1. The van der Waals surface area contributed by atoms with E-state index in [4.69, 9.17) is 4.74 Å². The van der Waals surface area contributed by atoms with Crippen LogP contribution < -0.4 is 10.1 Å². The topological polar surface area (TPSA) is 59.9 Å². The third-order valence-corrected chi connectivity index (χ3v) is 1.82. The number of methoxy groups -OCH3 is 1. The van der Waals surface area contributed by atoms with E-state index in [9.17, 15) is 0 Å². The van der Waals surface area contributed by atoms with Crippen molar-refractivity contribution in [3.63, 3.8) is 0 Å². The van der Waals surface area contributed by atoms with E-state index in [1.54, 1.807) is 14.2 Å². The van der Waals surface area contributed by atoms with Crippen LogP contribution in [0.5, 0.6) is 6.01 Å².